The summed E-state index contributed by atoms with van der Waals surface area (Å²) in [6, 6.07) is 0.0365. The van der Waals surface area contributed by atoms with Crippen LogP contribution in [0.25, 0.3) is 0 Å². The molecule has 2 aliphatic heterocycles. The number of hydrogen-bond donors (Lipinski definition) is 0. The van der Waals surface area contributed by atoms with E-state index in [1.807, 2.05) is 9.58 Å². The van der Waals surface area contributed by atoms with E-state index in [1.165, 1.54) is 11.5 Å². The third kappa shape index (κ3) is 2.53. The molecule has 4 heterocycles. The van der Waals surface area contributed by atoms with Crippen LogP contribution in [0.3, 0.4) is 0 Å². The third-order valence-corrected chi connectivity index (χ3v) is 5.21. The lowest BCUT2D eigenvalue weighted by Gasteiger charge is -2.40. The first-order valence-electron chi connectivity index (χ1n) is 7.89. The second-order valence-electron chi connectivity index (χ2n) is 5.93. The van der Waals surface area contributed by atoms with Crippen molar-refractivity contribution < 1.29 is 9.53 Å². The summed E-state index contributed by atoms with van der Waals surface area (Å²) in [4.78, 5) is 15.4. The molecule has 1 fully saturated rings. The average Bonchev–Trinajstić information content (AvgIpc) is 3.23. The molecule has 2 aromatic rings. The second-order valence-corrected chi connectivity index (χ2v) is 6.68. The van der Waals surface area contributed by atoms with Crippen LogP contribution in [0.4, 0.5) is 0 Å². The quantitative estimate of drug-likeness (QED) is 0.834. The number of likely N-dealkylation sites (tertiary alicyclic amines) is 1. The number of aryl methyl sites for hydroxylation is 1. The Labute approximate surface area is 137 Å². The van der Waals surface area contributed by atoms with Gasteiger partial charge in [0, 0.05) is 13.1 Å². The minimum absolute atomic E-state index is 0.0224. The SMILES string of the molecule is CCCc1nnsc1C(=O)N1CC[C@H]2OCc3cnnn3[C@@H]2C1. The molecular weight excluding hydrogens is 316 g/mol. The van der Waals surface area contributed by atoms with Crippen LogP contribution in [0.1, 0.15) is 46.9 Å². The van der Waals surface area contributed by atoms with Gasteiger partial charge in [0.2, 0.25) is 0 Å². The van der Waals surface area contributed by atoms with Crippen LogP contribution in [-0.4, -0.2) is 54.6 Å². The van der Waals surface area contributed by atoms with E-state index < -0.39 is 0 Å². The number of amides is 1. The Morgan fingerprint density at radius 2 is 2.43 bits per heavy atom. The Kier molecular flexibility index (Phi) is 3.82. The van der Waals surface area contributed by atoms with Crippen LogP contribution in [0, 0.1) is 0 Å². The molecule has 0 bridgehead atoms. The van der Waals surface area contributed by atoms with E-state index in [4.69, 9.17) is 4.74 Å². The van der Waals surface area contributed by atoms with Gasteiger partial charge in [-0.2, -0.15) is 0 Å². The van der Waals surface area contributed by atoms with Crippen LogP contribution in [-0.2, 0) is 17.8 Å². The van der Waals surface area contributed by atoms with Crippen molar-refractivity contribution in [3.63, 3.8) is 0 Å². The molecule has 8 nitrogen and oxygen atoms in total. The molecule has 0 radical (unpaired) electrons. The summed E-state index contributed by atoms with van der Waals surface area (Å²) in [5.41, 5.74) is 1.78. The van der Waals surface area contributed by atoms with Crippen molar-refractivity contribution in [1.82, 2.24) is 29.5 Å². The van der Waals surface area contributed by atoms with Crippen LogP contribution in [0.15, 0.2) is 6.20 Å². The van der Waals surface area contributed by atoms with Gasteiger partial charge in [-0.3, -0.25) is 4.79 Å². The molecular formula is C14H18N6O2S. The summed E-state index contributed by atoms with van der Waals surface area (Å²) >= 11 is 1.19. The standard InChI is InChI=1S/C14H18N6O2S/c1-2-3-10-13(23-18-16-10)14(21)19-5-4-12-11(7-19)20-9(8-22-12)6-15-17-20/h6,11-12H,2-5,7-8H2,1H3/t11-,12-/m1/s1. The smallest absolute Gasteiger partial charge is 0.267 e. The zero-order valence-corrected chi connectivity index (χ0v) is 13.7. The zero-order valence-electron chi connectivity index (χ0n) is 12.9. The number of piperidine rings is 1. The molecule has 0 aromatic carbocycles. The van der Waals surface area contributed by atoms with E-state index >= 15 is 0 Å². The van der Waals surface area contributed by atoms with E-state index in [1.54, 1.807) is 6.20 Å². The number of carbonyl (C=O) groups excluding carboxylic acids is 1. The molecule has 2 aliphatic rings. The number of nitrogens with zero attached hydrogens (tertiary/aromatic N) is 6. The maximum atomic E-state index is 12.9. The minimum Gasteiger partial charge on any atom is -0.370 e. The van der Waals surface area contributed by atoms with E-state index in [-0.39, 0.29) is 18.1 Å². The fraction of sp³-hybridized carbons (Fsp3) is 0.643. The summed E-state index contributed by atoms with van der Waals surface area (Å²) in [6.07, 6.45) is 4.37. The van der Waals surface area contributed by atoms with Crippen molar-refractivity contribution in [3.05, 3.63) is 22.5 Å². The van der Waals surface area contributed by atoms with Crippen molar-refractivity contribution in [1.29, 1.82) is 0 Å². The third-order valence-electron chi connectivity index (χ3n) is 4.45. The van der Waals surface area contributed by atoms with E-state index in [0.717, 1.165) is 30.7 Å². The molecule has 1 saturated heterocycles. The number of hydrogen-bond acceptors (Lipinski definition) is 7. The maximum Gasteiger partial charge on any atom is 0.267 e. The largest absolute Gasteiger partial charge is 0.370 e. The monoisotopic (exact) mass is 334 g/mol. The van der Waals surface area contributed by atoms with Gasteiger partial charge in [-0.15, -0.1) is 10.2 Å². The van der Waals surface area contributed by atoms with Gasteiger partial charge in [0.05, 0.1) is 36.3 Å². The lowest BCUT2D eigenvalue weighted by atomic mass is 10.00. The van der Waals surface area contributed by atoms with Crippen LogP contribution >= 0.6 is 11.5 Å². The molecule has 1 amide bonds. The summed E-state index contributed by atoms with van der Waals surface area (Å²) in [7, 11) is 0. The van der Waals surface area contributed by atoms with Gasteiger partial charge < -0.3 is 9.64 Å². The van der Waals surface area contributed by atoms with Gasteiger partial charge >= 0.3 is 0 Å². The molecule has 0 aliphatic carbocycles. The zero-order chi connectivity index (χ0) is 15.8. The van der Waals surface area contributed by atoms with Crippen molar-refractivity contribution in [2.45, 2.75) is 44.9 Å². The Balaban J connectivity index is 1.55. The first-order valence-corrected chi connectivity index (χ1v) is 8.66. The number of carbonyl (C=O) groups is 1. The molecule has 0 unspecified atom stereocenters. The maximum absolute atomic E-state index is 12.9. The Morgan fingerprint density at radius 3 is 3.30 bits per heavy atom. The average molecular weight is 334 g/mol. The highest BCUT2D eigenvalue weighted by molar-refractivity contribution is 7.08. The minimum atomic E-state index is 0.0224. The molecule has 0 spiro atoms. The van der Waals surface area contributed by atoms with Gasteiger partial charge in [-0.05, 0) is 24.4 Å². The fourth-order valence-corrected chi connectivity index (χ4v) is 3.96. The number of fused-ring (bicyclic) bond motifs is 3. The van der Waals surface area contributed by atoms with Gasteiger partial charge in [-0.25, -0.2) is 4.68 Å². The van der Waals surface area contributed by atoms with Crippen LogP contribution in [0.2, 0.25) is 0 Å². The summed E-state index contributed by atoms with van der Waals surface area (Å²) in [5.74, 6) is 0.0224. The normalized spacial score (nSPS) is 23.4. The summed E-state index contributed by atoms with van der Waals surface area (Å²) in [6.45, 7) is 3.89. The molecule has 2 atom stereocenters. The lowest BCUT2D eigenvalue weighted by molar-refractivity contribution is -0.0604. The molecule has 4 rings (SSSR count). The van der Waals surface area contributed by atoms with Gasteiger partial charge in [0.1, 0.15) is 4.88 Å². The van der Waals surface area contributed by atoms with Gasteiger partial charge in [-0.1, -0.05) is 23.0 Å². The Hall–Kier alpha value is -1.87. The number of aromatic nitrogens is 5. The Bertz CT molecular complexity index is 714. The Morgan fingerprint density at radius 1 is 1.52 bits per heavy atom. The topological polar surface area (TPSA) is 86.0 Å². The lowest BCUT2D eigenvalue weighted by Crippen LogP contribution is -2.49. The van der Waals surface area contributed by atoms with Crippen molar-refractivity contribution in [2.24, 2.45) is 0 Å². The highest BCUT2D eigenvalue weighted by Gasteiger charge is 2.38. The summed E-state index contributed by atoms with van der Waals surface area (Å²) in [5, 5.41) is 12.2. The predicted molar refractivity (Wildman–Crippen MR) is 82.1 cm³/mol. The van der Waals surface area contributed by atoms with Crippen LogP contribution in [0.5, 0.6) is 0 Å². The van der Waals surface area contributed by atoms with E-state index in [0.29, 0.717) is 24.6 Å². The van der Waals surface area contributed by atoms with E-state index in [2.05, 4.69) is 26.8 Å². The second kappa shape index (κ2) is 5.97. The van der Waals surface area contributed by atoms with Gasteiger partial charge in [0.25, 0.3) is 5.91 Å². The molecule has 23 heavy (non-hydrogen) atoms. The highest BCUT2D eigenvalue weighted by atomic mass is 32.1. The highest BCUT2D eigenvalue weighted by Crippen LogP contribution is 2.31. The molecule has 9 heteroatoms. The first-order chi connectivity index (χ1) is 11.3. The number of ether oxygens (including phenoxy) is 1. The molecule has 2 aromatic heterocycles. The fourth-order valence-electron chi connectivity index (χ4n) is 3.28. The van der Waals surface area contributed by atoms with Crippen molar-refractivity contribution in [2.75, 3.05) is 13.1 Å². The summed E-state index contributed by atoms with van der Waals surface area (Å²) < 4.78 is 11.8. The van der Waals surface area contributed by atoms with E-state index in [9.17, 15) is 4.79 Å². The van der Waals surface area contributed by atoms with Crippen molar-refractivity contribution >= 4 is 17.4 Å². The van der Waals surface area contributed by atoms with Gasteiger partial charge in [0.15, 0.2) is 0 Å². The number of rotatable bonds is 3. The molecule has 122 valence electrons. The first kappa shape index (κ1) is 14.7. The predicted octanol–water partition coefficient (Wildman–Crippen LogP) is 1.07. The van der Waals surface area contributed by atoms with Crippen molar-refractivity contribution in [3.8, 4) is 0 Å². The van der Waals surface area contributed by atoms with Crippen LogP contribution < -0.4 is 0 Å². The molecule has 0 N–H and O–H groups in total. The molecule has 0 saturated carbocycles.